The number of carbonyl (C=O) groups excluding carboxylic acids is 1. The highest BCUT2D eigenvalue weighted by molar-refractivity contribution is 9.10. The first-order valence-electron chi connectivity index (χ1n) is 7.82. The van der Waals surface area contributed by atoms with Gasteiger partial charge in [-0.15, -0.1) is 0 Å². The van der Waals surface area contributed by atoms with E-state index in [2.05, 4.69) is 24.8 Å². The van der Waals surface area contributed by atoms with Crippen LogP contribution < -0.4 is 4.18 Å². The van der Waals surface area contributed by atoms with Crippen molar-refractivity contribution in [1.82, 2.24) is 0 Å². The molecule has 0 radical (unpaired) electrons. The largest absolute Gasteiger partial charge is 0.534 e. The minimum atomic E-state index is -5.85. The predicted molar refractivity (Wildman–Crippen MR) is 100 cm³/mol. The zero-order valence-corrected chi connectivity index (χ0v) is 17.5. The van der Waals surface area contributed by atoms with Crippen LogP contribution in [0.25, 0.3) is 10.8 Å². The highest BCUT2D eigenvalue weighted by atomic mass is 79.9. The van der Waals surface area contributed by atoms with Gasteiger partial charge in [-0.2, -0.15) is 21.6 Å². The highest BCUT2D eigenvalue weighted by Gasteiger charge is 2.49. The predicted octanol–water partition coefficient (Wildman–Crippen LogP) is 4.37. The molecule has 0 aliphatic heterocycles. The van der Waals surface area contributed by atoms with Crippen molar-refractivity contribution in [2.45, 2.75) is 32.4 Å². The Morgan fingerprint density at radius 3 is 2.32 bits per heavy atom. The molecule has 0 spiro atoms. The lowest BCUT2D eigenvalue weighted by Gasteiger charge is -2.19. The molecule has 1 N–H and O–H groups in total. The molecular weight excluding hydrogens is 469 g/mol. The first-order chi connectivity index (χ1) is 12.9. The molecule has 156 valence electrons. The summed E-state index contributed by atoms with van der Waals surface area (Å²) in [4.78, 5) is 9.18. The number of fused-ring (bicyclic) bond motifs is 1. The van der Waals surface area contributed by atoms with Gasteiger partial charge in [-0.05, 0) is 43.9 Å². The van der Waals surface area contributed by atoms with E-state index in [9.17, 15) is 31.5 Å². The second-order valence-corrected chi connectivity index (χ2v) is 7.97. The zero-order valence-electron chi connectivity index (χ0n) is 15.1. The maximum absolute atomic E-state index is 12.6. The number of ether oxygens (including phenoxy) is 1. The third kappa shape index (κ3) is 5.82. The van der Waals surface area contributed by atoms with E-state index in [-0.39, 0.29) is 10.9 Å². The van der Waals surface area contributed by atoms with Gasteiger partial charge < -0.3 is 14.0 Å². The van der Waals surface area contributed by atoms with E-state index in [1.807, 2.05) is 0 Å². The molecule has 1 unspecified atom stereocenters. The third-order valence-corrected chi connectivity index (χ3v) is 4.88. The minimum Gasteiger partial charge on any atom is -0.468 e. The Hall–Kier alpha value is -1.85. The summed E-state index contributed by atoms with van der Waals surface area (Å²) in [5.74, 6) is -0.520. The monoisotopic (exact) mass is 486 g/mol. The van der Waals surface area contributed by atoms with Crippen LogP contribution in [-0.2, 0) is 19.6 Å². The SMILES string of the molecule is CCOC=O.Cc1cc2ccc(Br)cc2c(OS(=O)(=O)C(F)(F)F)c1C(C)O. The Labute approximate surface area is 168 Å². The fourth-order valence-electron chi connectivity index (χ4n) is 2.32. The number of alkyl halides is 3. The van der Waals surface area contributed by atoms with Gasteiger partial charge in [0.15, 0.2) is 5.75 Å². The normalized spacial score (nSPS) is 12.7. The number of carbonyl (C=O) groups is 1. The number of hydrogen-bond acceptors (Lipinski definition) is 6. The smallest absolute Gasteiger partial charge is 0.468 e. The van der Waals surface area contributed by atoms with Crippen molar-refractivity contribution in [3.05, 3.63) is 39.9 Å². The number of aliphatic hydroxyl groups excluding tert-OH is 1. The second kappa shape index (κ2) is 9.57. The number of aliphatic hydroxyl groups is 1. The maximum atomic E-state index is 12.6. The Kier molecular flexibility index (Phi) is 8.27. The van der Waals surface area contributed by atoms with E-state index < -0.39 is 27.5 Å². The van der Waals surface area contributed by atoms with Crippen molar-refractivity contribution in [1.29, 1.82) is 0 Å². The molecule has 2 aromatic rings. The van der Waals surface area contributed by atoms with E-state index in [1.165, 1.54) is 13.0 Å². The first kappa shape index (κ1) is 24.2. The van der Waals surface area contributed by atoms with Crippen molar-refractivity contribution in [2.24, 2.45) is 0 Å². The Morgan fingerprint density at radius 2 is 1.89 bits per heavy atom. The maximum Gasteiger partial charge on any atom is 0.534 e. The van der Waals surface area contributed by atoms with Gasteiger partial charge in [-0.1, -0.05) is 28.1 Å². The van der Waals surface area contributed by atoms with Crippen LogP contribution in [0.1, 0.15) is 31.1 Å². The summed E-state index contributed by atoms with van der Waals surface area (Å²) in [7, 11) is -5.85. The Bertz CT molecular complexity index is 942. The van der Waals surface area contributed by atoms with Crippen LogP contribution in [0.3, 0.4) is 0 Å². The number of halogens is 4. The molecule has 0 aliphatic carbocycles. The lowest BCUT2D eigenvalue weighted by atomic mass is 9.97. The number of hydrogen-bond donors (Lipinski definition) is 1. The molecule has 28 heavy (non-hydrogen) atoms. The molecule has 0 saturated carbocycles. The standard InChI is InChI=1S/C14H12BrF3O4S.C3H6O2/c1-7-5-9-3-4-10(15)6-11(9)13(12(7)8(2)19)22-23(20,21)14(16,17)18;1-2-5-3-4/h3-6,8,19H,1-2H3;3H,2H2,1H3. The zero-order chi connectivity index (χ0) is 21.7. The van der Waals surface area contributed by atoms with Gasteiger partial charge in [0.05, 0.1) is 12.7 Å². The van der Waals surface area contributed by atoms with Gasteiger partial charge in [-0.3, -0.25) is 4.79 Å². The fourth-order valence-corrected chi connectivity index (χ4v) is 3.17. The number of aryl methyl sites for hydroxylation is 1. The van der Waals surface area contributed by atoms with Gasteiger partial charge in [0.25, 0.3) is 6.47 Å². The summed E-state index contributed by atoms with van der Waals surface area (Å²) in [6.07, 6.45) is -1.21. The van der Waals surface area contributed by atoms with Crippen LogP contribution in [0.5, 0.6) is 5.75 Å². The molecule has 1 atom stereocenters. The van der Waals surface area contributed by atoms with Crippen molar-refractivity contribution >= 4 is 43.3 Å². The van der Waals surface area contributed by atoms with Crippen molar-refractivity contribution < 1.29 is 40.4 Å². The molecule has 11 heteroatoms. The molecule has 0 aliphatic rings. The van der Waals surface area contributed by atoms with E-state index in [0.29, 0.717) is 28.5 Å². The van der Waals surface area contributed by atoms with Gasteiger partial charge >= 0.3 is 15.6 Å². The molecule has 0 aromatic heterocycles. The van der Waals surface area contributed by atoms with Crippen LogP contribution in [-0.4, -0.2) is 32.1 Å². The molecule has 2 rings (SSSR count). The van der Waals surface area contributed by atoms with Crippen molar-refractivity contribution in [2.75, 3.05) is 6.61 Å². The Morgan fingerprint density at radius 1 is 1.29 bits per heavy atom. The molecule has 0 amide bonds. The topological polar surface area (TPSA) is 89.9 Å². The molecule has 0 fully saturated rings. The molecule has 6 nitrogen and oxygen atoms in total. The van der Waals surface area contributed by atoms with Crippen LogP contribution in [0, 0.1) is 6.92 Å². The van der Waals surface area contributed by atoms with E-state index in [1.54, 1.807) is 32.0 Å². The van der Waals surface area contributed by atoms with Crippen molar-refractivity contribution in [3.63, 3.8) is 0 Å². The van der Waals surface area contributed by atoms with Crippen LogP contribution >= 0.6 is 15.9 Å². The fraction of sp³-hybridized carbons (Fsp3) is 0.353. The first-order valence-corrected chi connectivity index (χ1v) is 10.0. The average Bonchev–Trinajstić information content (AvgIpc) is 2.55. The third-order valence-electron chi connectivity index (χ3n) is 3.43. The molecule has 2 aromatic carbocycles. The molecule has 0 saturated heterocycles. The summed E-state index contributed by atoms with van der Waals surface area (Å²) in [5, 5.41) is 10.5. The summed E-state index contributed by atoms with van der Waals surface area (Å²) in [5.41, 5.74) is -5.16. The van der Waals surface area contributed by atoms with Crippen molar-refractivity contribution in [3.8, 4) is 5.75 Å². The van der Waals surface area contributed by atoms with Gasteiger partial charge in [0.2, 0.25) is 0 Å². The number of rotatable bonds is 5. The summed E-state index contributed by atoms with van der Waals surface area (Å²) >= 11 is 3.18. The van der Waals surface area contributed by atoms with Crippen LogP contribution in [0.2, 0.25) is 0 Å². The van der Waals surface area contributed by atoms with Gasteiger partial charge in [0.1, 0.15) is 0 Å². The summed E-state index contributed by atoms with van der Waals surface area (Å²) < 4.78 is 69.8. The average molecular weight is 487 g/mol. The van der Waals surface area contributed by atoms with Gasteiger partial charge in [0, 0.05) is 15.4 Å². The van der Waals surface area contributed by atoms with Crippen LogP contribution in [0.15, 0.2) is 28.7 Å². The van der Waals surface area contributed by atoms with Gasteiger partial charge in [-0.25, -0.2) is 0 Å². The highest BCUT2D eigenvalue weighted by Crippen LogP contribution is 2.40. The van der Waals surface area contributed by atoms with E-state index in [4.69, 9.17) is 0 Å². The quantitative estimate of drug-likeness (QED) is 0.383. The lowest BCUT2D eigenvalue weighted by Crippen LogP contribution is -2.28. The second-order valence-electron chi connectivity index (χ2n) is 5.51. The summed E-state index contributed by atoms with van der Waals surface area (Å²) in [6, 6.07) is 6.33. The summed E-state index contributed by atoms with van der Waals surface area (Å²) in [6.45, 7) is 5.54. The van der Waals surface area contributed by atoms with Crippen LogP contribution in [0.4, 0.5) is 13.2 Å². The molecule has 0 bridgehead atoms. The van der Waals surface area contributed by atoms with E-state index >= 15 is 0 Å². The molecular formula is C17H18BrF3O6S. The van der Waals surface area contributed by atoms with E-state index in [0.717, 1.165) is 0 Å². The lowest BCUT2D eigenvalue weighted by molar-refractivity contribution is -0.128. The number of benzene rings is 2. The molecule has 0 heterocycles. The Balaban J connectivity index is 0.000000696. The minimum absolute atomic E-state index is 0.0107.